The second kappa shape index (κ2) is 13.0. The Hall–Kier alpha value is -0.510. The molecule has 29 heavy (non-hydrogen) atoms. The maximum absolute atomic E-state index is 10.7. The number of para-hydroxylation sites is 2. The third-order valence-electron chi connectivity index (χ3n) is 5.35. The van der Waals surface area contributed by atoms with Crippen molar-refractivity contribution < 1.29 is 19.7 Å². The van der Waals surface area contributed by atoms with Crippen LogP contribution in [0.1, 0.15) is 0 Å². The highest BCUT2D eigenvalue weighted by atomic mass is 35.5. The van der Waals surface area contributed by atoms with Gasteiger partial charge < -0.3 is 29.5 Å². The fourth-order valence-electron chi connectivity index (χ4n) is 4.09. The van der Waals surface area contributed by atoms with Crippen LogP contribution in [0.25, 0.3) is 0 Å². The van der Waals surface area contributed by atoms with E-state index in [0.29, 0.717) is 0 Å². The molecule has 2 fully saturated rings. The van der Waals surface area contributed by atoms with Crippen LogP contribution in [0.5, 0.6) is 5.75 Å². The molecular formula is C19H34Cl3N3O4. The van der Waals surface area contributed by atoms with E-state index in [1.54, 1.807) is 7.11 Å². The van der Waals surface area contributed by atoms with E-state index >= 15 is 0 Å². The summed E-state index contributed by atoms with van der Waals surface area (Å²) in [5.41, 5.74) is 1.11. The molecule has 1 aromatic rings. The van der Waals surface area contributed by atoms with Gasteiger partial charge in [0.05, 0.1) is 31.5 Å². The van der Waals surface area contributed by atoms with Crippen LogP contribution in [-0.2, 0) is 4.74 Å². The van der Waals surface area contributed by atoms with Gasteiger partial charge >= 0.3 is 0 Å². The van der Waals surface area contributed by atoms with Crippen LogP contribution < -0.4 is 9.64 Å². The molecule has 1 aromatic carbocycles. The van der Waals surface area contributed by atoms with Crippen molar-refractivity contribution in [1.82, 2.24) is 9.80 Å². The smallest absolute Gasteiger partial charge is 0.142 e. The van der Waals surface area contributed by atoms with Gasteiger partial charge in [-0.05, 0) is 26.2 Å². The molecule has 0 bridgehead atoms. The maximum atomic E-state index is 10.7. The molecule has 7 nitrogen and oxygen atoms in total. The zero-order valence-electron chi connectivity index (χ0n) is 17.1. The van der Waals surface area contributed by atoms with Gasteiger partial charge in [0.1, 0.15) is 18.0 Å². The zero-order chi connectivity index (χ0) is 18.7. The molecule has 2 aliphatic heterocycles. The number of likely N-dealkylation sites (N-methyl/N-ethyl adjacent to an activating group) is 1. The topological polar surface area (TPSA) is 68.6 Å². The lowest BCUT2D eigenvalue weighted by Gasteiger charge is -2.41. The Kier molecular flexibility index (Phi) is 12.8. The molecule has 0 aliphatic carbocycles. The van der Waals surface area contributed by atoms with Crippen molar-refractivity contribution >= 4 is 42.9 Å². The number of hydrogen-bond donors (Lipinski definition) is 2. The third-order valence-corrected chi connectivity index (χ3v) is 5.35. The highest BCUT2D eigenvalue weighted by Crippen LogP contribution is 2.31. The van der Waals surface area contributed by atoms with Gasteiger partial charge in [-0.25, -0.2) is 0 Å². The Morgan fingerprint density at radius 1 is 1.07 bits per heavy atom. The molecule has 2 saturated heterocycles. The van der Waals surface area contributed by atoms with Crippen LogP contribution in [0.15, 0.2) is 24.3 Å². The Morgan fingerprint density at radius 2 is 1.69 bits per heavy atom. The molecule has 0 unspecified atom stereocenters. The summed E-state index contributed by atoms with van der Waals surface area (Å²) in [7, 11) is 5.69. The van der Waals surface area contributed by atoms with E-state index in [9.17, 15) is 10.2 Å². The van der Waals surface area contributed by atoms with Gasteiger partial charge in [-0.2, -0.15) is 0 Å². The number of hydrogen-bond acceptors (Lipinski definition) is 7. The van der Waals surface area contributed by atoms with Gasteiger partial charge in [0.15, 0.2) is 0 Å². The van der Waals surface area contributed by atoms with Crippen molar-refractivity contribution in [3.05, 3.63) is 24.3 Å². The highest BCUT2D eigenvalue weighted by Gasteiger charge is 2.46. The minimum Gasteiger partial charge on any atom is -0.495 e. The lowest BCUT2D eigenvalue weighted by atomic mass is 10.0. The van der Waals surface area contributed by atoms with E-state index in [0.717, 1.165) is 44.2 Å². The fraction of sp³-hybridized carbons (Fsp3) is 0.684. The van der Waals surface area contributed by atoms with Crippen LogP contribution in [-0.4, -0.2) is 105 Å². The lowest BCUT2D eigenvalue weighted by Crippen LogP contribution is -2.57. The zero-order valence-corrected chi connectivity index (χ0v) is 19.6. The number of ether oxygens (including phenoxy) is 2. The Bertz CT molecular complexity index is 592. The number of aliphatic hydroxyl groups is 2. The molecule has 0 amide bonds. The molecule has 4 atom stereocenters. The molecule has 0 radical (unpaired) electrons. The number of methoxy groups -OCH3 is 1. The first-order valence-electron chi connectivity index (χ1n) is 9.26. The molecule has 0 aromatic heterocycles. The summed E-state index contributed by atoms with van der Waals surface area (Å²) < 4.78 is 11.4. The molecule has 0 saturated carbocycles. The van der Waals surface area contributed by atoms with Crippen LogP contribution in [0.4, 0.5) is 5.69 Å². The molecule has 2 heterocycles. The fourth-order valence-corrected chi connectivity index (χ4v) is 4.09. The third kappa shape index (κ3) is 6.48. The summed E-state index contributed by atoms with van der Waals surface area (Å²) in [4.78, 5) is 6.69. The van der Waals surface area contributed by atoms with Gasteiger partial charge in [-0.1, -0.05) is 12.1 Å². The SMILES string of the molecule is COc1ccccc1N1CCN([C@@H]2[C@H](O)[C@H](CO)O[C@@H]2CN(C)C)CC1.Cl.Cl.Cl. The van der Waals surface area contributed by atoms with Gasteiger partial charge in [-0.15, -0.1) is 37.2 Å². The minimum atomic E-state index is -0.664. The number of nitrogens with zero attached hydrogens (tertiary/aromatic N) is 3. The van der Waals surface area contributed by atoms with Crippen LogP contribution in [0.2, 0.25) is 0 Å². The predicted molar refractivity (Wildman–Crippen MR) is 123 cm³/mol. The minimum absolute atomic E-state index is 0. The molecule has 0 spiro atoms. The second-order valence-corrected chi connectivity index (χ2v) is 7.33. The lowest BCUT2D eigenvalue weighted by molar-refractivity contribution is -0.0274. The van der Waals surface area contributed by atoms with Crippen molar-refractivity contribution in [3.8, 4) is 5.75 Å². The first-order valence-corrected chi connectivity index (χ1v) is 9.26. The van der Waals surface area contributed by atoms with Crippen molar-refractivity contribution in [3.63, 3.8) is 0 Å². The van der Waals surface area contributed by atoms with Crippen molar-refractivity contribution in [1.29, 1.82) is 0 Å². The Balaban J connectivity index is 0.00000261. The first kappa shape index (κ1) is 28.5. The number of benzene rings is 1. The van der Waals surface area contributed by atoms with Crippen LogP contribution in [0.3, 0.4) is 0 Å². The molecule has 3 rings (SSSR count). The van der Waals surface area contributed by atoms with E-state index in [1.165, 1.54) is 0 Å². The van der Waals surface area contributed by atoms with E-state index in [4.69, 9.17) is 9.47 Å². The molecule has 2 aliphatic rings. The van der Waals surface area contributed by atoms with E-state index < -0.39 is 12.2 Å². The Morgan fingerprint density at radius 3 is 2.24 bits per heavy atom. The summed E-state index contributed by atoms with van der Waals surface area (Å²) >= 11 is 0. The van der Waals surface area contributed by atoms with Crippen molar-refractivity contribution in [2.75, 3.05) is 65.4 Å². The molecule has 170 valence electrons. The van der Waals surface area contributed by atoms with Crippen LogP contribution in [0, 0.1) is 0 Å². The summed E-state index contributed by atoms with van der Waals surface area (Å²) in [5, 5.41) is 20.2. The normalized spacial score (nSPS) is 27.0. The van der Waals surface area contributed by atoms with Gasteiger partial charge in [0.2, 0.25) is 0 Å². The average Bonchev–Trinajstić information content (AvgIpc) is 2.96. The van der Waals surface area contributed by atoms with E-state index in [2.05, 4.69) is 20.8 Å². The largest absolute Gasteiger partial charge is 0.495 e. The number of rotatable bonds is 6. The van der Waals surface area contributed by atoms with Crippen LogP contribution >= 0.6 is 37.2 Å². The summed E-state index contributed by atoms with van der Waals surface area (Å²) in [5.74, 6) is 0.885. The molecule has 2 N–H and O–H groups in total. The number of anilines is 1. The quantitative estimate of drug-likeness (QED) is 0.641. The van der Waals surface area contributed by atoms with Gasteiger partial charge in [0, 0.05) is 32.7 Å². The van der Waals surface area contributed by atoms with Crippen molar-refractivity contribution in [2.45, 2.75) is 24.4 Å². The highest BCUT2D eigenvalue weighted by molar-refractivity contribution is 5.86. The predicted octanol–water partition coefficient (Wildman–Crippen LogP) is 1.13. The summed E-state index contributed by atoms with van der Waals surface area (Å²) in [6.07, 6.45) is -1.27. The molecular weight excluding hydrogens is 441 g/mol. The Labute approximate surface area is 192 Å². The van der Waals surface area contributed by atoms with Crippen molar-refractivity contribution in [2.24, 2.45) is 0 Å². The second-order valence-electron chi connectivity index (χ2n) is 7.33. The summed E-state index contributed by atoms with van der Waals surface area (Å²) in [6.45, 7) is 3.98. The number of aliphatic hydroxyl groups excluding tert-OH is 2. The standard InChI is InChI=1S/C19H31N3O4.3ClH/c1-20(2)12-16-18(19(24)17(13-23)26-16)22-10-8-21(9-11-22)14-6-4-5-7-15(14)25-3;;;/h4-7,16-19,23-24H,8-13H2,1-3H3;3*1H/t16-,17+,18+,19-;;;/m1.../s1. The van der Waals surface area contributed by atoms with E-state index in [-0.39, 0.29) is 56.0 Å². The van der Waals surface area contributed by atoms with Gasteiger partial charge in [-0.3, -0.25) is 4.90 Å². The average molecular weight is 475 g/mol. The summed E-state index contributed by atoms with van der Waals surface area (Å²) in [6, 6.07) is 7.98. The van der Waals surface area contributed by atoms with E-state index in [1.807, 2.05) is 32.3 Å². The first-order chi connectivity index (χ1) is 12.5. The molecule has 10 heteroatoms. The maximum Gasteiger partial charge on any atom is 0.142 e. The number of halogens is 3. The monoisotopic (exact) mass is 473 g/mol. The number of piperazine rings is 1. The van der Waals surface area contributed by atoms with Gasteiger partial charge in [0.25, 0.3) is 0 Å².